The largest absolute Gasteiger partial charge is 0.481 e. The molecular weight excluding hydrogens is 380 g/mol. The van der Waals surface area contributed by atoms with Gasteiger partial charge in [0, 0.05) is 0 Å². The molecule has 0 aliphatic heterocycles. The summed E-state index contributed by atoms with van der Waals surface area (Å²) in [5.74, 6) is -1.84. The van der Waals surface area contributed by atoms with Crippen LogP contribution in [0.3, 0.4) is 0 Å². The summed E-state index contributed by atoms with van der Waals surface area (Å²) in [6.45, 7) is -0.684. The molecule has 0 aliphatic rings. The zero-order chi connectivity index (χ0) is 19.4. The molecule has 11 heteroatoms. The summed E-state index contributed by atoms with van der Waals surface area (Å²) in [6.07, 6.45) is -4.60. The first-order chi connectivity index (χ1) is 12.1. The molecule has 140 valence electrons. The number of sulfonamides is 1. The molecule has 0 fully saturated rings. The van der Waals surface area contributed by atoms with Gasteiger partial charge in [0.05, 0.1) is 10.5 Å². The van der Waals surface area contributed by atoms with Gasteiger partial charge in [-0.25, -0.2) is 12.8 Å². The van der Waals surface area contributed by atoms with Gasteiger partial charge in [0.15, 0.2) is 18.2 Å². The second-order valence-electron chi connectivity index (χ2n) is 4.89. The maximum absolute atomic E-state index is 13.3. The summed E-state index contributed by atoms with van der Waals surface area (Å²) in [5, 5.41) is 0. The molecule has 0 atom stereocenters. The fourth-order valence-electron chi connectivity index (χ4n) is 1.75. The smallest absolute Gasteiger partial charge is 0.416 e. The van der Waals surface area contributed by atoms with E-state index in [1.807, 2.05) is 5.43 Å². The Morgan fingerprint density at radius 1 is 1.04 bits per heavy atom. The number of carbonyl (C=O) groups excluding carboxylic acids is 1. The maximum atomic E-state index is 13.3. The zero-order valence-electron chi connectivity index (χ0n) is 12.9. The third-order valence-electron chi connectivity index (χ3n) is 3.01. The van der Waals surface area contributed by atoms with Crippen LogP contribution in [-0.2, 0) is 21.0 Å². The fourth-order valence-corrected chi connectivity index (χ4v) is 2.61. The number of alkyl halides is 3. The number of amides is 1. The number of para-hydroxylation sites is 1. The normalized spacial score (nSPS) is 11.8. The monoisotopic (exact) mass is 392 g/mol. The van der Waals surface area contributed by atoms with E-state index in [-0.39, 0.29) is 5.75 Å². The van der Waals surface area contributed by atoms with Gasteiger partial charge in [-0.3, -0.25) is 10.2 Å². The third kappa shape index (κ3) is 5.17. The second kappa shape index (κ2) is 7.70. The summed E-state index contributed by atoms with van der Waals surface area (Å²) in [4.78, 5) is 12.8. The molecule has 0 saturated heterocycles. The van der Waals surface area contributed by atoms with Crippen LogP contribution < -0.4 is 15.0 Å². The number of halogens is 4. The molecular formula is C15H12F4N2O4S. The number of hydrogen-bond acceptors (Lipinski definition) is 4. The summed E-state index contributed by atoms with van der Waals surface area (Å²) in [7, 11) is -4.29. The molecule has 2 N–H and O–H groups in total. The highest BCUT2D eigenvalue weighted by atomic mass is 32.2. The fraction of sp³-hybridized carbons (Fsp3) is 0.133. The molecule has 0 unspecified atom stereocenters. The van der Waals surface area contributed by atoms with Gasteiger partial charge in [0.25, 0.3) is 15.9 Å². The molecule has 0 bridgehead atoms. The third-order valence-corrected chi connectivity index (χ3v) is 4.28. The Hall–Kier alpha value is -2.66. The van der Waals surface area contributed by atoms with Gasteiger partial charge >= 0.3 is 6.18 Å². The van der Waals surface area contributed by atoms with Crippen molar-refractivity contribution < 1.29 is 35.5 Å². The summed E-state index contributed by atoms with van der Waals surface area (Å²) in [5.41, 5.74) is 0.794. The van der Waals surface area contributed by atoms with Gasteiger partial charge in [-0.1, -0.05) is 12.1 Å². The molecule has 0 radical (unpaired) electrons. The lowest BCUT2D eigenvalue weighted by Gasteiger charge is -2.11. The minimum absolute atomic E-state index is 0.201. The van der Waals surface area contributed by atoms with E-state index in [0.29, 0.717) is 12.1 Å². The molecule has 0 aromatic heterocycles. The number of carbonyl (C=O) groups is 1. The van der Waals surface area contributed by atoms with Crippen LogP contribution in [0.4, 0.5) is 17.6 Å². The molecule has 26 heavy (non-hydrogen) atoms. The topological polar surface area (TPSA) is 84.5 Å². The highest BCUT2D eigenvalue weighted by Gasteiger charge is 2.30. The molecule has 1 amide bonds. The molecule has 0 saturated carbocycles. The van der Waals surface area contributed by atoms with E-state index in [0.717, 1.165) is 18.2 Å². The Labute approximate surface area is 145 Å². The molecule has 0 heterocycles. The van der Waals surface area contributed by atoms with Crippen molar-refractivity contribution in [2.75, 3.05) is 6.61 Å². The summed E-state index contributed by atoms with van der Waals surface area (Å²) >= 11 is 0. The first-order valence-corrected chi connectivity index (χ1v) is 8.43. The number of nitrogens with one attached hydrogen (secondary N) is 2. The Morgan fingerprint density at radius 3 is 2.23 bits per heavy atom. The van der Waals surface area contributed by atoms with Crippen LogP contribution in [0.5, 0.6) is 5.75 Å². The molecule has 2 rings (SSSR count). The van der Waals surface area contributed by atoms with Crippen molar-refractivity contribution >= 4 is 15.9 Å². The molecule has 0 aliphatic carbocycles. The van der Waals surface area contributed by atoms with Crippen molar-refractivity contribution in [3.8, 4) is 5.75 Å². The minimum Gasteiger partial charge on any atom is -0.481 e. The number of ether oxygens (including phenoxy) is 1. The van der Waals surface area contributed by atoms with E-state index in [9.17, 15) is 30.8 Å². The Balaban J connectivity index is 1.93. The van der Waals surface area contributed by atoms with Crippen molar-refractivity contribution in [1.82, 2.24) is 10.3 Å². The lowest BCUT2D eigenvalue weighted by molar-refractivity contribution is -0.137. The average Bonchev–Trinajstić information content (AvgIpc) is 2.59. The predicted molar refractivity (Wildman–Crippen MR) is 81.8 cm³/mol. The van der Waals surface area contributed by atoms with Crippen LogP contribution in [0.25, 0.3) is 0 Å². The standard InChI is InChI=1S/C15H12F4N2O4S/c16-12-3-1-2-4-13(12)25-9-14(22)20-21-26(23,24)11-7-5-10(6-8-11)15(17,18)19/h1-8,21H,9H2,(H,20,22). The summed E-state index contributed by atoms with van der Waals surface area (Å²) in [6, 6.07) is 7.95. The molecule has 2 aromatic carbocycles. The molecule has 6 nitrogen and oxygen atoms in total. The first kappa shape index (κ1) is 19.7. The lowest BCUT2D eigenvalue weighted by atomic mass is 10.2. The predicted octanol–water partition coefficient (Wildman–Crippen LogP) is 2.23. The van der Waals surface area contributed by atoms with E-state index in [1.165, 1.54) is 18.2 Å². The van der Waals surface area contributed by atoms with Crippen molar-refractivity contribution in [2.45, 2.75) is 11.1 Å². The van der Waals surface area contributed by atoms with Gasteiger partial charge in [0.1, 0.15) is 0 Å². The summed E-state index contributed by atoms with van der Waals surface area (Å²) < 4.78 is 79.4. The number of benzene rings is 2. The van der Waals surface area contributed by atoms with Crippen LogP contribution in [0.2, 0.25) is 0 Å². The van der Waals surface area contributed by atoms with E-state index in [4.69, 9.17) is 4.74 Å². The lowest BCUT2D eigenvalue weighted by Crippen LogP contribution is -2.43. The Kier molecular flexibility index (Phi) is 5.83. The van der Waals surface area contributed by atoms with Crippen molar-refractivity contribution in [3.63, 3.8) is 0 Å². The van der Waals surface area contributed by atoms with Crippen molar-refractivity contribution in [1.29, 1.82) is 0 Å². The second-order valence-corrected chi connectivity index (χ2v) is 6.58. The van der Waals surface area contributed by atoms with Gasteiger partial charge in [0.2, 0.25) is 0 Å². The minimum atomic E-state index is -4.60. The van der Waals surface area contributed by atoms with E-state index in [2.05, 4.69) is 0 Å². The van der Waals surface area contributed by atoms with Crippen molar-refractivity contribution in [2.24, 2.45) is 0 Å². The Morgan fingerprint density at radius 2 is 1.65 bits per heavy atom. The van der Waals surface area contributed by atoms with Crippen LogP contribution in [-0.4, -0.2) is 20.9 Å². The van der Waals surface area contributed by atoms with E-state index in [1.54, 1.807) is 4.83 Å². The quantitative estimate of drug-likeness (QED) is 0.583. The Bertz CT molecular complexity index is 883. The number of hydrazine groups is 1. The van der Waals surface area contributed by atoms with Crippen molar-refractivity contribution in [3.05, 3.63) is 59.9 Å². The van der Waals surface area contributed by atoms with Gasteiger partial charge in [-0.2, -0.15) is 13.2 Å². The SMILES string of the molecule is O=C(COc1ccccc1F)NNS(=O)(=O)c1ccc(C(F)(F)F)cc1. The number of rotatable bonds is 6. The van der Waals surface area contributed by atoms with Crippen LogP contribution in [0, 0.1) is 5.82 Å². The highest BCUT2D eigenvalue weighted by molar-refractivity contribution is 7.89. The average molecular weight is 392 g/mol. The van der Waals surface area contributed by atoms with Crippen LogP contribution >= 0.6 is 0 Å². The molecule has 0 spiro atoms. The van der Waals surface area contributed by atoms with E-state index < -0.39 is 45.0 Å². The van der Waals surface area contributed by atoms with Crippen LogP contribution in [0.1, 0.15) is 5.56 Å². The number of hydrogen-bond donors (Lipinski definition) is 2. The maximum Gasteiger partial charge on any atom is 0.416 e. The van der Waals surface area contributed by atoms with Crippen LogP contribution in [0.15, 0.2) is 53.4 Å². The highest BCUT2D eigenvalue weighted by Crippen LogP contribution is 2.29. The first-order valence-electron chi connectivity index (χ1n) is 6.95. The molecule has 2 aromatic rings. The van der Waals surface area contributed by atoms with Gasteiger partial charge in [-0.15, -0.1) is 4.83 Å². The van der Waals surface area contributed by atoms with Gasteiger partial charge in [-0.05, 0) is 36.4 Å². The van der Waals surface area contributed by atoms with Gasteiger partial charge < -0.3 is 4.74 Å². The zero-order valence-corrected chi connectivity index (χ0v) is 13.7. The van der Waals surface area contributed by atoms with E-state index >= 15 is 0 Å².